The highest BCUT2D eigenvalue weighted by molar-refractivity contribution is 8.13. The van der Waals surface area contributed by atoms with E-state index in [1.165, 1.54) is 7.11 Å². The van der Waals surface area contributed by atoms with E-state index >= 15 is 0 Å². The first-order valence-corrected chi connectivity index (χ1v) is 6.38. The lowest BCUT2D eigenvalue weighted by Crippen LogP contribution is -2.03. The summed E-state index contributed by atoms with van der Waals surface area (Å²) in [6.07, 6.45) is 0.0623. The number of carbonyl (C=O) groups excluding carboxylic acids is 1. The van der Waals surface area contributed by atoms with Crippen LogP contribution < -0.4 is 4.74 Å². The number of hydrogen-bond acceptors (Lipinski definition) is 6. The molecule has 0 aliphatic heterocycles. The molecule has 92 valence electrons. The van der Waals surface area contributed by atoms with Gasteiger partial charge in [0.25, 0.3) is 14.7 Å². The lowest BCUT2D eigenvalue weighted by molar-refractivity contribution is -0.385. The molecule has 0 amide bonds. The molecule has 0 heterocycles. The third-order valence-corrected chi connectivity index (χ3v) is 3.27. The summed E-state index contributed by atoms with van der Waals surface area (Å²) in [6.45, 7) is 0. The number of nitro benzene ring substituents is 1. The van der Waals surface area contributed by atoms with Crippen molar-refractivity contribution in [2.75, 3.05) is 7.11 Å². The molecule has 0 aromatic heterocycles. The van der Waals surface area contributed by atoms with Crippen LogP contribution in [-0.4, -0.2) is 26.7 Å². The summed E-state index contributed by atoms with van der Waals surface area (Å²) in [5.41, 5.74) is -1.29. The van der Waals surface area contributed by atoms with E-state index in [1.54, 1.807) is 0 Å². The van der Waals surface area contributed by atoms with Crippen molar-refractivity contribution in [1.82, 2.24) is 0 Å². The second kappa shape index (κ2) is 4.68. The van der Waals surface area contributed by atoms with Crippen LogP contribution in [-0.2, 0) is 9.05 Å². The van der Waals surface area contributed by atoms with Crippen LogP contribution in [0.2, 0.25) is 0 Å². The Bertz CT molecular complexity index is 582. The van der Waals surface area contributed by atoms with Gasteiger partial charge in [-0.1, -0.05) is 0 Å². The summed E-state index contributed by atoms with van der Waals surface area (Å²) in [6, 6.07) is 1.88. The molecule has 17 heavy (non-hydrogen) atoms. The number of rotatable bonds is 4. The van der Waals surface area contributed by atoms with E-state index in [-0.39, 0.29) is 12.0 Å². The Morgan fingerprint density at radius 2 is 2.06 bits per heavy atom. The molecular formula is C8H6ClNO6S. The molecule has 0 bridgehead atoms. The van der Waals surface area contributed by atoms with E-state index in [1.807, 2.05) is 0 Å². The van der Waals surface area contributed by atoms with Gasteiger partial charge in [0.15, 0.2) is 6.29 Å². The molecule has 0 atom stereocenters. The number of carbonyl (C=O) groups is 1. The van der Waals surface area contributed by atoms with E-state index < -0.39 is 30.1 Å². The number of methoxy groups -OCH3 is 1. The van der Waals surface area contributed by atoms with E-state index in [0.29, 0.717) is 0 Å². The smallest absolute Gasteiger partial charge is 0.284 e. The van der Waals surface area contributed by atoms with Gasteiger partial charge in [-0.15, -0.1) is 0 Å². The predicted molar refractivity (Wildman–Crippen MR) is 58.1 cm³/mol. The maximum Gasteiger partial charge on any atom is 0.284 e. The van der Waals surface area contributed by atoms with Crippen LogP contribution in [0.5, 0.6) is 5.75 Å². The van der Waals surface area contributed by atoms with Gasteiger partial charge in [-0.25, -0.2) is 8.42 Å². The van der Waals surface area contributed by atoms with E-state index in [9.17, 15) is 23.3 Å². The second-order valence-corrected chi connectivity index (χ2v) is 5.41. The van der Waals surface area contributed by atoms with Crippen molar-refractivity contribution in [2.45, 2.75) is 4.90 Å². The van der Waals surface area contributed by atoms with Gasteiger partial charge in [-0.05, 0) is 0 Å². The first-order chi connectivity index (χ1) is 7.81. The molecule has 0 radical (unpaired) electrons. The van der Waals surface area contributed by atoms with Crippen molar-refractivity contribution in [1.29, 1.82) is 0 Å². The molecule has 0 unspecified atom stereocenters. The maximum atomic E-state index is 11.2. The molecule has 0 aliphatic carbocycles. The summed E-state index contributed by atoms with van der Waals surface area (Å²) in [4.78, 5) is 19.9. The Morgan fingerprint density at radius 3 is 2.41 bits per heavy atom. The zero-order chi connectivity index (χ0) is 13.2. The van der Waals surface area contributed by atoms with Crippen LogP contribution in [0.3, 0.4) is 0 Å². The number of nitrogens with zero attached hydrogens (tertiary/aromatic N) is 1. The Labute approximate surface area is 101 Å². The number of ether oxygens (including phenoxy) is 1. The average Bonchev–Trinajstić information content (AvgIpc) is 2.25. The van der Waals surface area contributed by atoms with Crippen molar-refractivity contribution < 1.29 is 22.9 Å². The second-order valence-electron chi connectivity index (χ2n) is 2.87. The van der Waals surface area contributed by atoms with Crippen molar-refractivity contribution in [2.24, 2.45) is 0 Å². The van der Waals surface area contributed by atoms with Crippen molar-refractivity contribution in [3.8, 4) is 5.75 Å². The Morgan fingerprint density at radius 1 is 1.47 bits per heavy atom. The SMILES string of the molecule is COc1cc([N+](=O)[O-])c(C=O)c(S(=O)(=O)Cl)c1. The topological polar surface area (TPSA) is 104 Å². The van der Waals surface area contributed by atoms with Crippen LogP contribution in [0.4, 0.5) is 5.69 Å². The van der Waals surface area contributed by atoms with Crippen LogP contribution in [0, 0.1) is 10.1 Å². The highest BCUT2D eigenvalue weighted by atomic mass is 35.7. The predicted octanol–water partition coefficient (Wildman–Crippen LogP) is 1.34. The lowest BCUT2D eigenvalue weighted by Gasteiger charge is -2.05. The summed E-state index contributed by atoms with van der Waals surface area (Å²) in [5.74, 6) is -0.0819. The Hall–Kier alpha value is -1.67. The van der Waals surface area contributed by atoms with Gasteiger partial charge in [-0.3, -0.25) is 14.9 Å². The van der Waals surface area contributed by atoms with Crippen LogP contribution in [0.25, 0.3) is 0 Å². The summed E-state index contributed by atoms with van der Waals surface area (Å²) in [5, 5.41) is 10.7. The molecule has 0 spiro atoms. The number of halogens is 1. The maximum absolute atomic E-state index is 11.2. The molecule has 1 aromatic rings. The monoisotopic (exact) mass is 279 g/mol. The van der Waals surface area contributed by atoms with Gasteiger partial charge >= 0.3 is 0 Å². The quantitative estimate of drug-likeness (QED) is 0.356. The van der Waals surface area contributed by atoms with E-state index in [2.05, 4.69) is 0 Å². The largest absolute Gasteiger partial charge is 0.496 e. The highest BCUT2D eigenvalue weighted by Crippen LogP contribution is 2.31. The van der Waals surface area contributed by atoms with E-state index in [0.717, 1.165) is 12.1 Å². The highest BCUT2D eigenvalue weighted by Gasteiger charge is 2.26. The molecule has 0 saturated carbocycles. The molecule has 1 rings (SSSR count). The van der Waals surface area contributed by atoms with Gasteiger partial charge in [0.1, 0.15) is 16.2 Å². The number of nitro groups is 1. The zero-order valence-electron chi connectivity index (χ0n) is 8.41. The molecule has 0 fully saturated rings. The first-order valence-electron chi connectivity index (χ1n) is 4.07. The average molecular weight is 280 g/mol. The summed E-state index contributed by atoms with van der Waals surface area (Å²) in [7, 11) is 2.00. The molecule has 0 N–H and O–H groups in total. The van der Waals surface area contributed by atoms with Crippen molar-refractivity contribution in [3.05, 3.63) is 27.8 Å². The van der Waals surface area contributed by atoms with Crippen LogP contribution in [0.15, 0.2) is 17.0 Å². The van der Waals surface area contributed by atoms with Crippen molar-refractivity contribution in [3.63, 3.8) is 0 Å². The third kappa shape index (κ3) is 2.71. The molecule has 0 saturated heterocycles. The minimum atomic E-state index is -4.28. The molecule has 9 heteroatoms. The minimum absolute atomic E-state index is 0.0623. The number of benzene rings is 1. The first kappa shape index (κ1) is 13.4. The summed E-state index contributed by atoms with van der Waals surface area (Å²) >= 11 is 0. The Balaban J connectivity index is 3.75. The Kier molecular flexibility index (Phi) is 3.69. The molecule has 0 aliphatic rings. The van der Waals surface area contributed by atoms with Crippen LogP contribution in [0.1, 0.15) is 10.4 Å². The fourth-order valence-corrected chi connectivity index (χ4v) is 2.23. The fraction of sp³-hybridized carbons (Fsp3) is 0.125. The normalized spacial score (nSPS) is 10.9. The van der Waals surface area contributed by atoms with Crippen molar-refractivity contribution >= 4 is 31.7 Å². The lowest BCUT2D eigenvalue weighted by atomic mass is 10.2. The molecular weight excluding hydrogens is 274 g/mol. The standard InChI is InChI=1S/C8H6ClNO6S/c1-16-5-2-7(10(12)13)6(4-11)8(3-5)17(9,14)15/h2-4H,1H3. The fourth-order valence-electron chi connectivity index (χ4n) is 1.18. The number of hydrogen-bond donors (Lipinski definition) is 0. The van der Waals surface area contributed by atoms with Gasteiger partial charge in [-0.2, -0.15) is 0 Å². The third-order valence-electron chi connectivity index (χ3n) is 1.91. The summed E-state index contributed by atoms with van der Waals surface area (Å²) < 4.78 is 27.1. The number of aldehydes is 1. The van der Waals surface area contributed by atoms with Gasteiger partial charge in [0, 0.05) is 16.7 Å². The van der Waals surface area contributed by atoms with E-state index in [4.69, 9.17) is 15.4 Å². The minimum Gasteiger partial charge on any atom is -0.496 e. The van der Waals surface area contributed by atoms with Gasteiger partial charge in [0.2, 0.25) is 0 Å². The molecule has 1 aromatic carbocycles. The zero-order valence-corrected chi connectivity index (χ0v) is 9.99. The van der Waals surface area contributed by atoms with Crippen LogP contribution >= 0.6 is 10.7 Å². The molecule has 7 nitrogen and oxygen atoms in total. The van der Waals surface area contributed by atoms with Gasteiger partial charge < -0.3 is 4.74 Å². The van der Waals surface area contributed by atoms with Gasteiger partial charge in [0.05, 0.1) is 18.1 Å².